The zero-order valence-electron chi connectivity index (χ0n) is 23.4. The third kappa shape index (κ3) is 5.12. The molecule has 0 fully saturated rings. The van der Waals surface area contributed by atoms with E-state index in [1.54, 1.807) is 71.3 Å². The van der Waals surface area contributed by atoms with Crippen LogP contribution in [0.5, 0.6) is 0 Å². The van der Waals surface area contributed by atoms with E-state index >= 15 is 8.78 Å². The molecule has 0 bridgehead atoms. The van der Waals surface area contributed by atoms with Gasteiger partial charge in [-0.1, -0.05) is 24.3 Å². The Labute approximate surface area is 255 Å². The van der Waals surface area contributed by atoms with Gasteiger partial charge in [0.2, 0.25) is 0 Å². The molecule has 6 aromatic rings. The minimum atomic E-state index is -0.754. The van der Waals surface area contributed by atoms with Crippen LogP contribution in [0.1, 0.15) is 11.3 Å². The first-order chi connectivity index (χ1) is 22.0. The summed E-state index contributed by atoms with van der Waals surface area (Å²) in [6.07, 6.45) is 6.42. The highest BCUT2D eigenvalue weighted by molar-refractivity contribution is 6.04. The quantitative estimate of drug-likeness (QED) is 0.195. The van der Waals surface area contributed by atoms with E-state index in [-0.39, 0.29) is 11.1 Å². The van der Waals surface area contributed by atoms with Gasteiger partial charge in [-0.15, -0.1) is 0 Å². The van der Waals surface area contributed by atoms with Crippen molar-refractivity contribution >= 4 is 22.9 Å². The standard InChI is InChI=1S/C35H22F4N6/c36-23-10-12-26(30(38)20-23)28-8-4-16-41-33(28)34-32(22-14-18-40-19-15-22)43-45(44(34)25-6-2-1-3-7-25)35-29(9-5-17-42-35)27-13-11-24(37)21-31(27)39/h1-21,43H. The molecule has 3 aromatic carbocycles. The van der Waals surface area contributed by atoms with Crippen molar-refractivity contribution in [3.8, 4) is 22.3 Å². The average molecular weight is 603 g/mol. The molecule has 45 heavy (non-hydrogen) atoms. The Bertz CT molecular complexity index is 2050. The summed E-state index contributed by atoms with van der Waals surface area (Å²) < 4.78 is 58.3. The lowest BCUT2D eigenvalue weighted by Crippen LogP contribution is -2.44. The second-order valence-corrected chi connectivity index (χ2v) is 10.1. The maximum absolute atomic E-state index is 15.3. The SMILES string of the molecule is Fc1ccc(-c2cccnc2C2=C(c3ccncc3)NN(c3ncccc3-c3ccc(F)cc3F)N2c2ccccc2)c(F)c1. The molecule has 0 saturated heterocycles. The van der Waals surface area contributed by atoms with Gasteiger partial charge in [0.1, 0.15) is 29.0 Å². The minimum Gasteiger partial charge on any atom is -0.275 e. The van der Waals surface area contributed by atoms with Gasteiger partial charge >= 0.3 is 0 Å². The van der Waals surface area contributed by atoms with Crippen molar-refractivity contribution in [1.29, 1.82) is 0 Å². The number of anilines is 2. The average Bonchev–Trinajstić information content (AvgIpc) is 3.46. The molecule has 7 rings (SSSR count). The van der Waals surface area contributed by atoms with Crippen LogP contribution in [0, 0.1) is 23.3 Å². The molecule has 0 saturated carbocycles. The van der Waals surface area contributed by atoms with E-state index < -0.39 is 23.3 Å². The smallest absolute Gasteiger partial charge is 0.178 e. The number of para-hydroxylation sites is 1. The predicted molar refractivity (Wildman–Crippen MR) is 165 cm³/mol. The second-order valence-electron chi connectivity index (χ2n) is 10.1. The van der Waals surface area contributed by atoms with Gasteiger partial charge < -0.3 is 0 Å². The topological polar surface area (TPSA) is 57.2 Å². The van der Waals surface area contributed by atoms with Crippen LogP contribution < -0.4 is 15.6 Å². The lowest BCUT2D eigenvalue weighted by atomic mass is 9.99. The highest BCUT2D eigenvalue weighted by atomic mass is 19.1. The van der Waals surface area contributed by atoms with Gasteiger partial charge in [-0.2, -0.15) is 5.12 Å². The van der Waals surface area contributed by atoms with E-state index in [9.17, 15) is 8.78 Å². The zero-order valence-corrected chi connectivity index (χ0v) is 23.4. The number of aromatic nitrogens is 3. The van der Waals surface area contributed by atoms with Gasteiger partial charge in [-0.05, 0) is 66.7 Å². The molecule has 220 valence electrons. The molecule has 0 aliphatic carbocycles. The molecule has 0 radical (unpaired) electrons. The molecule has 0 amide bonds. The van der Waals surface area contributed by atoms with Crippen molar-refractivity contribution < 1.29 is 17.6 Å². The lowest BCUT2D eigenvalue weighted by Gasteiger charge is -2.33. The molecule has 1 aliphatic heterocycles. The zero-order chi connectivity index (χ0) is 30.9. The Morgan fingerprint density at radius 2 is 1.18 bits per heavy atom. The summed E-state index contributed by atoms with van der Waals surface area (Å²) in [7, 11) is 0. The number of pyridine rings is 3. The first-order valence-electron chi connectivity index (χ1n) is 13.9. The van der Waals surface area contributed by atoms with Crippen LogP contribution in [-0.4, -0.2) is 15.0 Å². The maximum atomic E-state index is 15.3. The molecule has 6 nitrogen and oxygen atoms in total. The molecular weight excluding hydrogens is 580 g/mol. The van der Waals surface area contributed by atoms with Crippen molar-refractivity contribution in [2.45, 2.75) is 0 Å². The van der Waals surface area contributed by atoms with Crippen LogP contribution in [0.2, 0.25) is 0 Å². The summed E-state index contributed by atoms with van der Waals surface area (Å²) in [5, 5.41) is 3.44. The van der Waals surface area contributed by atoms with Crippen LogP contribution in [0.15, 0.2) is 128 Å². The van der Waals surface area contributed by atoms with Crippen molar-refractivity contribution in [3.63, 3.8) is 0 Å². The fourth-order valence-electron chi connectivity index (χ4n) is 5.32. The molecule has 1 N–H and O–H groups in total. The van der Waals surface area contributed by atoms with E-state index in [0.29, 0.717) is 45.3 Å². The van der Waals surface area contributed by atoms with E-state index in [2.05, 4.69) is 15.4 Å². The molecule has 10 heteroatoms. The number of halogens is 4. The van der Waals surface area contributed by atoms with Crippen molar-refractivity contribution in [1.82, 2.24) is 20.4 Å². The van der Waals surface area contributed by atoms with Crippen LogP contribution in [0.3, 0.4) is 0 Å². The van der Waals surface area contributed by atoms with Crippen LogP contribution in [0.4, 0.5) is 29.1 Å². The van der Waals surface area contributed by atoms with E-state index in [4.69, 9.17) is 4.98 Å². The summed E-state index contributed by atoms with van der Waals surface area (Å²) in [5.41, 5.74) is 7.31. The summed E-state index contributed by atoms with van der Waals surface area (Å²) >= 11 is 0. The van der Waals surface area contributed by atoms with Crippen LogP contribution in [0.25, 0.3) is 33.6 Å². The second kappa shape index (κ2) is 11.6. The van der Waals surface area contributed by atoms with Crippen molar-refractivity contribution in [2.75, 3.05) is 10.1 Å². The van der Waals surface area contributed by atoms with Crippen LogP contribution >= 0.6 is 0 Å². The molecule has 1 aliphatic rings. The third-order valence-electron chi connectivity index (χ3n) is 7.30. The van der Waals surface area contributed by atoms with Gasteiger partial charge in [0.15, 0.2) is 5.82 Å². The number of hydrogen-bond donors (Lipinski definition) is 1. The van der Waals surface area contributed by atoms with E-state index in [0.717, 1.165) is 12.1 Å². The fourth-order valence-corrected chi connectivity index (χ4v) is 5.32. The summed E-state index contributed by atoms with van der Waals surface area (Å²) in [4.78, 5) is 13.5. The number of nitrogens with one attached hydrogen (secondary N) is 1. The molecule has 3 aromatic heterocycles. The summed E-state index contributed by atoms with van der Waals surface area (Å²) in [6.45, 7) is 0. The summed E-state index contributed by atoms with van der Waals surface area (Å²) in [5.74, 6) is -2.61. The Balaban J connectivity index is 1.50. The van der Waals surface area contributed by atoms with Crippen molar-refractivity contribution in [2.24, 2.45) is 0 Å². The normalized spacial score (nSPS) is 12.9. The molecular formula is C35H22F4N6. The Kier molecular flexibility index (Phi) is 7.14. The van der Waals surface area contributed by atoms with Crippen molar-refractivity contribution in [3.05, 3.63) is 162 Å². The Hall–Kier alpha value is -6.03. The number of hydrazine groups is 2. The third-order valence-corrected chi connectivity index (χ3v) is 7.30. The first kappa shape index (κ1) is 27.8. The van der Waals surface area contributed by atoms with Gasteiger partial charge in [0.25, 0.3) is 0 Å². The number of nitrogens with zero attached hydrogens (tertiary/aromatic N) is 5. The summed E-state index contributed by atoms with van der Waals surface area (Å²) in [6, 6.07) is 26.4. The van der Waals surface area contributed by atoms with Gasteiger partial charge in [0.05, 0.1) is 17.1 Å². The van der Waals surface area contributed by atoms with Crippen LogP contribution in [-0.2, 0) is 0 Å². The number of hydrogen-bond acceptors (Lipinski definition) is 6. The van der Waals surface area contributed by atoms with E-state index in [1.165, 1.54) is 24.3 Å². The molecule has 0 spiro atoms. The van der Waals surface area contributed by atoms with Gasteiger partial charge in [-0.25, -0.2) is 27.6 Å². The number of rotatable bonds is 6. The highest BCUT2D eigenvalue weighted by Gasteiger charge is 2.37. The first-order valence-corrected chi connectivity index (χ1v) is 13.9. The maximum Gasteiger partial charge on any atom is 0.178 e. The molecule has 4 heterocycles. The predicted octanol–water partition coefficient (Wildman–Crippen LogP) is 8.03. The fraction of sp³-hybridized carbons (Fsp3) is 0. The monoisotopic (exact) mass is 602 g/mol. The lowest BCUT2D eigenvalue weighted by molar-refractivity contribution is 0.585. The highest BCUT2D eigenvalue weighted by Crippen LogP contribution is 2.44. The minimum absolute atomic E-state index is 0.139. The molecule has 0 unspecified atom stereocenters. The van der Waals surface area contributed by atoms with Gasteiger partial charge in [-0.3, -0.25) is 15.4 Å². The molecule has 0 atom stereocenters. The Morgan fingerprint density at radius 1 is 0.556 bits per heavy atom. The largest absolute Gasteiger partial charge is 0.275 e. The number of benzene rings is 3. The Morgan fingerprint density at radius 3 is 1.84 bits per heavy atom. The van der Waals surface area contributed by atoms with Gasteiger partial charge in [0, 0.05) is 64.7 Å². The van der Waals surface area contributed by atoms with E-state index in [1.807, 2.05) is 30.3 Å².